The van der Waals surface area contributed by atoms with Gasteiger partial charge in [0.25, 0.3) is 5.91 Å². The van der Waals surface area contributed by atoms with Gasteiger partial charge < -0.3 is 20.4 Å². The largest absolute Gasteiger partial charge is 0.462 e. The molecule has 30 heavy (non-hydrogen) atoms. The molecule has 0 bridgehead atoms. The molecule has 0 saturated heterocycles. The van der Waals surface area contributed by atoms with Crippen LogP contribution in [0, 0.1) is 24.6 Å². The molecule has 1 aliphatic heterocycles. The van der Waals surface area contributed by atoms with Crippen molar-refractivity contribution in [3.05, 3.63) is 52.1 Å². The van der Waals surface area contributed by atoms with Crippen molar-refractivity contribution < 1.29 is 18.7 Å². The van der Waals surface area contributed by atoms with Gasteiger partial charge in [0, 0.05) is 17.5 Å². The van der Waals surface area contributed by atoms with Crippen LogP contribution < -0.4 is 10.6 Å². The number of nitrogens with one attached hydrogen (secondary N) is 3. The summed E-state index contributed by atoms with van der Waals surface area (Å²) in [6.07, 6.45) is 3.14. The van der Waals surface area contributed by atoms with Crippen LogP contribution in [0.3, 0.4) is 0 Å². The smallest absolute Gasteiger partial charge is 0.339 e. The van der Waals surface area contributed by atoms with Crippen LogP contribution in [0.4, 0.5) is 10.1 Å². The molecule has 0 unspecified atom stereocenters. The molecular formula is C22H23ClFN3O3. The fourth-order valence-electron chi connectivity index (χ4n) is 3.07. The van der Waals surface area contributed by atoms with Gasteiger partial charge in [-0.2, -0.15) is 0 Å². The Kier molecular flexibility index (Phi) is 7.81. The van der Waals surface area contributed by atoms with Gasteiger partial charge in [0.2, 0.25) is 0 Å². The summed E-state index contributed by atoms with van der Waals surface area (Å²) in [5, 5.41) is 5.80. The number of carbonyl (C=O) groups excluding carboxylic acids is 2. The Morgan fingerprint density at radius 1 is 1.33 bits per heavy atom. The van der Waals surface area contributed by atoms with Crippen LogP contribution in [-0.2, 0) is 9.53 Å². The molecule has 1 amide bonds. The number of aromatic nitrogens is 1. The Labute approximate surface area is 180 Å². The van der Waals surface area contributed by atoms with E-state index in [-0.39, 0.29) is 36.1 Å². The Hall–Kier alpha value is -3.08. The van der Waals surface area contributed by atoms with E-state index in [1.54, 1.807) is 19.9 Å². The molecule has 0 aliphatic carbocycles. The van der Waals surface area contributed by atoms with Gasteiger partial charge in [-0.3, -0.25) is 4.79 Å². The van der Waals surface area contributed by atoms with E-state index in [2.05, 4.69) is 27.5 Å². The van der Waals surface area contributed by atoms with Crippen LogP contribution in [0.2, 0.25) is 0 Å². The number of H-pyrrole nitrogens is 1. The second-order valence-electron chi connectivity index (χ2n) is 6.40. The molecule has 2 aromatic rings. The molecule has 3 N–H and O–H groups in total. The highest BCUT2D eigenvalue weighted by Crippen LogP contribution is 2.37. The molecule has 3 rings (SSSR count). The predicted molar refractivity (Wildman–Crippen MR) is 117 cm³/mol. The van der Waals surface area contributed by atoms with E-state index >= 15 is 0 Å². The third-order valence-electron chi connectivity index (χ3n) is 4.56. The van der Waals surface area contributed by atoms with Crippen molar-refractivity contribution in [2.24, 2.45) is 0 Å². The number of hydrogen-bond acceptors (Lipinski definition) is 4. The highest BCUT2D eigenvalue weighted by molar-refractivity contribution is 6.35. The van der Waals surface area contributed by atoms with E-state index in [4.69, 9.17) is 4.74 Å². The minimum atomic E-state index is -0.495. The SMILES string of the molecule is CCNCC#Cc1c(F)ccc2c1/C(=C/c1[nH]cc(C(=O)OCC)c1C)C(=O)N2.Cl. The molecule has 2 heterocycles. The molecule has 0 radical (unpaired) electrons. The number of halogens is 2. The third kappa shape index (κ3) is 4.56. The summed E-state index contributed by atoms with van der Waals surface area (Å²) in [5.41, 5.74) is 2.99. The molecule has 0 spiro atoms. The Balaban J connectivity index is 0.00000320. The molecular weight excluding hydrogens is 409 g/mol. The van der Waals surface area contributed by atoms with Gasteiger partial charge in [-0.25, -0.2) is 9.18 Å². The standard InChI is InChI=1S/C22H22FN3O3.ClH/c1-4-24-10-6-7-14-17(23)8-9-18-20(14)15(21(27)26-18)11-19-13(3)16(12-25-19)22(28)29-5-2;/h8-9,11-12,24-25H,4-5,10H2,1-3H3,(H,26,27);1H/b15-11-;. The average Bonchev–Trinajstić information content (AvgIpc) is 3.21. The monoisotopic (exact) mass is 431 g/mol. The highest BCUT2D eigenvalue weighted by atomic mass is 35.5. The van der Waals surface area contributed by atoms with Crippen molar-refractivity contribution in [1.29, 1.82) is 0 Å². The summed E-state index contributed by atoms with van der Waals surface area (Å²) < 4.78 is 19.5. The van der Waals surface area contributed by atoms with Crippen LogP contribution in [0.25, 0.3) is 11.6 Å². The first-order chi connectivity index (χ1) is 14.0. The summed E-state index contributed by atoms with van der Waals surface area (Å²) in [6, 6.07) is 2.81. The third-order valence-corrected chi connectivity index (χ3v) is 4.56. The lowest BCUT2D eigenvalue weighted by Gasteiger charge is -2.05. The Morgan fingerprint density at radius 3 is 2.80 bits per heavy atom. The zero-order chi connectivity index (χ0) is 21.0. The minimum Gasteiger partial charge on any atom is -0.462 e. The van der Waals surface area contributed by atoms with Crippen LogP contribution in [-0.4, -0.2) is 36.6 Å². The fraction of sp³-hybridized carbons (Fsp3) is 0.273. The Bertz CT molecular complexity index is 1060. The van der Waals surface area contributed by atoms with Crippen molar-refractivity contribution in [3.8, 4) is 11.8 Å². The number of benzene rings is 1. The number of rotatable bonds is 5. The van der Waals surface area contributed by atoms with Crippen molar-refractivity contribution in [1.82, 2.24) is 10.3 Å². The molecule has 0 saturated carbocycles. The summed E-state index contributed by atoms with van der Waals surface area (Å²) >= 11 is 0. The number of amides is 1. The quantitative estimate of drug-likeness (QED) is 0.293. The van der Waals surface area contributed by atoms with Crippen LogP contribution in [0.15, 0.2) is 18.3 Å². The predicted octanol–water partition coefficient (Wildman–Crippen LogP) is 3.51. The van der Waals surface area contributed by atoms with Crippen molar-refractivity contribution in [2.75, 3.05) is 25.0 Å². The van der Waals surface area contributed by atoms with Gasteiger partial charge in [0.15, 0.2) is 0 Å². The van der Waals surface area contributed by atoms with Gasteiger partial charge >= 0.3 is 5.97 Å². The van der Waals surface area contributed by atoms with E-state index in [1.165, 1.54) is 18.3 Å². The Morgan fingerprint density at radius 2 is 2.10 bits per heavy atom. The zero-order valence-corrected chi connectivity index (χ0v) is 17.8. The summed E-state index contributed by atoms with van der Waals surface area (Å²) in [6.45, 7) is 6.88. The van der Waals surface area contributed by atoms with Gasteiger partial charge in [-0.1, -0.05) is 18.8 Å². The highest BCUT2D eigenvalue weighted by Gasteiger charge is 2.29. The second kappa shape index (κ2) is 10.1. The van der Waals surface area contributed by atoms with E-state index in [9.17, 15) is 14.0 Å². The van der Waals surface area contributed by atoms with Crippen LogP contribution >= 0.6 is 12.4 Å². The van der Waals surface area contributed by atoms with Crippen molar-refractivity contribution in [3.63, 3.8) is 0 Å². The van der Waals surface area contributed by atoms with E-state index < -0.39 is 11.8 Å². The molecule has 8 heteroatoms. The number of esters is 1. The number of carbonyl (C=O) groups is 2. The molecule has 0 fully saturated rings. The summed E-state index contributed by atoms with van der Waals surface area (Å²) in [5.74, 6) is 4.42. The maximum atomic E-state index is 14.5. The molecule has 0 atom stereocenters. The van der Waals surface area contributed by atoms with Gasteiger partial charge in [-0.05, 0) is 44.2 Å². The molecule has 158 valence electrons. The number of anilines is 1. The first kappa shape index (κ1) is 23.2. The van der Waals surface area contributed by atoms with Crippen molar-refractivity contribution >= 4 is 41.6 Å². The maximum absolute atomic E-state index is 14.5. The summed E-state index contributed by atoms with van der Waals surface area (Å²) in [7, 11) is 0. The van der Waals surface area contributed by atoms with Crippen LogP contribution in [0.5, 0.6) is 0 Å². The van der Waals surface area contributed by atoms with Gasteiger partial charge in [0.05, 0.1) is 35.5 Å². The number of aromatic amines is 1. The second-order valence-corrected chi connectivity index (χ2v) is 6.40. The average molecular weight is 432 g/mol. The zero-order valence-electron chi connectivity index (χ0n) is 16.9. The number of hydrogen-bond donors (Lipinski definition) is 3. The molecule has 6 nitrogen and oxygen atoms in total. The number of fused-ring (bicyclic) bond motifs is 1. The number of ether oxygens (including phenoxy) is 1. The van der Waals surface area contributed by atoms with Gasteiger partial charge in [0.1, 0.15) is 5.82 Å². The first-order valence-corrected chi connectivity index (χ1v) is 9.38. The fourth-order valence-corrected chi connectivity index (χ4v) is 3.07. The maximum Gasteiger partial charge on any atom is 0.339 e. The molecule has 1 aliphatic rings. The topological polar surface area (TPSA) is 83.2 Å². The first-order valence-electron chi connectivity index (χ1n) is 9.38. The normalized spacial score (nSPS) is 13.2. The van der Waals surface area contributed by atoms with E-state index in [1.807, 2.05) is 6.92 Å². The van der Waals surface area contributed by atoms with Crippen molar-refractivity contribution in [2.45, 2.75) is 20.8 Å². The molecule has 1 aromatic heterocycles. The molecule has 1 aromatic carbocycles. The lowest BCUT2D eigenvalue weighted by molar-refractivity contribution is -0.110. The summed E-state index contributed by atoms with van der Waals surface area (Å²) in [4.78, 5) is 27.6. The van der Waals surface area contributed by atoms with E-state index in [0.29, 0.717) is 34.6 Å². The minimum absolute atomic E-state index is 0. The lowest BCUT2D eigenvalue weighted by atomic mass is 9.98. The van der Waals surface area contributed by atoms with Gasteiger partial charge in [-0.15, -0.1) is 12.4 Å². The van der Waals surface area contributed by atoms with Crippen LogP contribution in [0.1, 0.15) is 46.6 Å². The lowest BCUT2D eigenvalue weighted by Crippen LogP contribution is -2.12. The van der Waals surface area contributed by atoms with E-state index in [0.717, 1.165) is 6.54 Å².